The molecule has 1 atom stereocenters. The first-order valence-corrected chi connectivity index (χ1v) is 3.00. The van der Waals surface area contributed by atoms with Crippen LogP contribution in [0.25, 0.3) is 0 Å². The lowest BCUT2D eigenvalue weighted by Crippen LogP contribution is -2.12. The molecule has 0 saturated heterocycles. The molecule has 0 aromatic rings. The summed E-state index contributed by atoms with van der Waals surface area (Å²) < 4.78 is 0. The predicted molar refractivity (Wildman–Crippen MR) is 37.3 cm³/mol. The van der Waals surface area contributed by atoms with Crippen LogP contribution in [0.2, 0.25) is 0 Å². The Balaban J connectivity index is 3.64. The van der Waals surface area contributed by atoms with E-state index in [9.17, 15) is 0 Å². The van der Waals surface area contributed by atoms with E-state index in [1.165, 1.54) is 0 Å². The lowest BCUT2D eigenvalue weighted by Gasteiger charge is -2.13. The second-order valence-corrected chi connectivity index (χ2v) is 2.61. The molecule has 0 aromatic carbocycles. The van der Waals surface area contributed by atoms with Crippen molar-refractivity contribution in [2.45, 2.75) is 20.8 Å². The number of rotatable bonds is 2. The first-order valence-electron chi connectivity index (χ1n) is 3.00. The van der Waals surface area contributed by atoms with Crippen LogP contribution in [0, 0.1) is 11.8 Å². The minimum absolute atomic E-state index is 0.454. The van der Waals surface area contributed by atoms with Crippen LogP contribution in [0.15, 0.2) is 12.3 Å². The SMILES string of the molecule is C=C(N)[C@@H](C)C(C)C. The molecule has 0 unspecified atom stereocenters. The van der Waals surface area contributed by atoms with Crippen LogP contribution >= 0.6 is 0 Å². The number of hydrogen-bond acceptors (Lipinski definition) is 1. The lowest BCUT2D eigenvalue weighted by atomic mass is 9.96. The second kappa shape index (κ2) is 2.75. The molecule has 1 heteroatoms. The molecular formula is C7H15N. The Bertz CT molecular complexity index is 84.4. The summed E-state index contributed by atoms with van der Waals surface area (Å²) in [6, 6.07) is 0. The molecule has 0 heterocycles. The fraction of sp³-hybridized carbons (Fsp3) is 0.714. The quantitative estimate of drug-likeness (QED) is 0.580. The van der Waals surface area contributed by atoms with Crippen LogP contribution in [0.3, 0.4) is 0 Å². The normalized spacial score (nSPS) is 14.0. The third-order valence-corrected chi connectivity index (χ3v) is 1.58. The van der Waals surface area contributed by atoms with E-state index in [2.05, 4.69) is 27.4 Å². The molecule has 0 fully saturated rings. The minimum atomic E-state index is 0.454. The van der Waals surface area contributed by atoms with Crippen molar-refractivity contribution >= 4 is 0 Å². The molecule has 0 amide bonds. The van der Waals surface area contributed by atoms with Crippen LogP contribution in [-0.4, -0.2) is 0 Å². The highest BCUT2D eigenvalue weighted by Crippen LogP contribution is 2.13. The van der Waals surface area contributed by atoms with Gasteiger partial charge in [-0.1, -0.05) is 27.4 Å². The predicted octanol–water partition coefficient (Wildman–Crippen LogP) is 1.75. The number of hydrogen-bond donors (Lipinski definition) is 1. The number of allylic oxidation sites excluding steroid dienone is 1. The molecule has 0 bridgehead atoms. The Morgan fingerprint density at radius 1 is 1.38 bits per heavy atom. The zero-order chi connectivity index (χ0) is 6.73. The highest BCUT2D eigenvalue weighted by molar-refractivity contribution is 4.93. The van der Waals surface area contributed by atoms with E-state index in [0.717, 1.165) is 5.70 Å². The van der Waals surface area contributed by atoms with E-state index >= 15 is 0 Å². The van der Waals surface area contributed by atoms with Crippen molar-refractivity contribution in [2.24, 2.45) is 17.6 Å². The van der Waals surface area contributed by atoms with E-state index in [0.29, 0.717) is 11.8 Å². The van der Waals surface area contributed by atoms with Gasteiger partial charge in [0.05, 0.1) is 0 Å². The van der Waals surface area contributed by atoms with Crippen LogP contribution < -0.4 is 5.73 Å². The van der Waals surface area contributed by atoms with E-state index in [-0.39, 0.29) is 0 Å². The zero-order valence-electron chi connectivity index (χ0n) is 5.94. The van der Waals surface area contributed by atoms with Crippen molar-refractivity contribution in [2.75, 3.05) is 0 Å². The fourth-order valence-corrected chi connectivity index (χ4v) is 0.428. The minimum Gasteiger partial charge on any atom is -0.402 e. The van der Waals surface area contributed by atoms with Gasteiger partial charge in [0.15, 0.2) is 0 Å². The molecule has 0 rings (SSSR count). The van der Waals surface area contributed by atoms with Crippen molar-refractivity contribution in [3.63, 3.8) is 0 Å². The van der Waals surface area contributed by atoms with E-state index in [1.807, 2.05) is 0 Å². The Hall–Kier alpha value is -0.460. The summed E-state index contributed by atoms with van der Waals surface area (Å²) in [6.07, 6.45) is 0. The monoisotopic (exact) mass is 113 g/mol. The molecule has 0 aliphatic rings. The van der Waals surface area contributed by atoms with Crippen LogP contribution in [-0.2, 0) is 0 Å². The summed E-state index contributed by atoms with van der Waals surface area (Å²) >= 11 is 0. The molecule has 0 saturated carbocycles. The van der Waals surface area contributed by atoms with Gasteiger partial charge in [0.2, 0.25) is 0 Å². The molecule has 0 radical (unpaired) electrons. The fourth-order valence-electron chi connectivity index (χ4n) is 0.428. The Kier molecular flexibility index (Phi) is 2.59. The summed E-state index contributed by atoms with van der Waals surface area (Å²) in [7, 11) is 0. The van der Waals surface area contributed by atoms with Gasteiger partial charge in [-0.05, 0) is 11.8 Å². The highest BCUT2D eigenvalue weighted by atomic mass is 14.6. The molecular weight excluding hydrogens is 98.1 g/mol. The topological polar surface area (TPSA) is 26.0 Å². The van der Waals surface area contributed by atoms with Crippen LogP contribution in [0.5, 0.6) is 0 Å². The average Bonchev–Trinajstić information content (AvgIpc) is 1.64. The van der Waals surface area contributed by atoms with Gasteiger partial charge in [-0.15, -0.1) is 0 Å². The van der Waals surface area contributed by atoms with E-state index in [4.69, 9.17) is 5.73 Å². The van der Waals surface area contributed by atoms with Crippen LogP contribution in [0.1, 0.15) is 20.8 Å². The first-order chi connectivity index (χ1) is 3.55. The smallest absolute Gasteiger partial charge is 0.00388 e. The van der Waals surface area contributed by atoms with Gasteiger partial charge >= 0.3 is 0 Å². The van der Waals surface area contributed by atoms with Gasteiger partial charge in [-0.3, -0.25) is 0 Å². The van der Waals surface area contributed by atoms with Crippen molar-refractivity contribution in [1.29, 1.82) is 0 Å². The standard InChI is InChI=1S/C7H15N/c1-5(2)6(3)7(4)8/h5-6H,4,8H2,1-3H3/t6-/m0/s1. The van der Waals surface area contributed by atoms with Crippen molar-refractivity contribution in [3.8, 4) is 0 Å². The molecule has 2 N–H and O–H groups in total. The summed E-state index contributed by atoms with van der Waals surface area (Å²) in [5.41, 5.74) is 6.23. The van der Waals surface area contributed by atoms with Gasteiger partial charge < -0.3 is 5.73 Å². The molecule has 0 aromatic heterocycles. The van der Waals surface area contributed by atoms with Gasteiger partial charge in [0.1, 0.15) is 0 Å². The highest BCUT2D eigenvalue weighted by Gasteiger charge is 2.06. The second-order valence-electron chi connectivity index (χ2n) is 2.61. The van der Waals surface area contributed by atoms with E-state index in [1.54, 1.807) is 0 Å². The molecule has 8 heavy (non-hydrogen) atoms. The van der Waals surface area contributed by atoms with Crippen LogP contribution in [0.4, 0.5) is 0 Å². The maximum absolute atomic E-state index is 5.44. The van der Waals surface area contributed by atoms with Crippen molar-refractivity contribution in [3.05, 3.63) is 12.3 Å². The Morgan fingerprint density at radius 3 is 1.75 bits per heavy atom. The summed E-state index contributed by atoms with van der Waals surface area (Å²) in [4.78, 5) is 0. The molecule has 48 valence electrons. The molecule has 0 aliphatic heterocycles. The lowest BCUT2D eigenvalue weighted by molar-refractivity contribution is 0.477. The molecule has 0 aliphatic carbocycles. The zero-order valence-corrected chi connectivity index (χ0v) is 5.94. The van der Waals surface area contributed by atoms with Crippen molar-refractivity contribution < 1.29 is 0 Å². The summed E-state index contributed by atoms with van der Waals surface area (Å²) in [5.74, 6) is 1.07. The van der Waals surface area contributed by atoms with Gasteiger partial charge in [0, 0.05) is 5.70 Å². The molecule has 0 spiro atoms. The largest absolute Gasteiger partial charge is 0.402 e. The first kappa shape index (κ1) is 7.54. The number of nitrogens with two attached hydrogens (primary N) is 1. The maximum atomic E-state index is 5.44. The van der Waals surface area contributed by atoms with Gasteiger partial charge in [-0.2, -0.15) is 0 Å². The Morgan fingerprint density at radius 2 is 1.75 bits per heavy atom. The summed E-state index contributed by atoms with van der Waals surface area (Å²) in [6.45, 7) is 10.0. The average molecular weight is 113 g/mol. The van der Waals surface area contributed by atoms with Gasteiger partial charge in [-0.25, -0.2) is 0 Å². The molecule has 1 nitrogen and oxygen atoms in total. The third kappa shape index (κ3) is 2.01. The Labute approximate surface area is 51.6 Å². The van der Waals surface area contributed by atoms with Gasteiger partial charge in [0.25, 0.3) is 0 Å². The third-order valence-electron chi connectivity index (χ3n) is 1.58. The maximum Gasteiger partial charge on any atom is 0.00388 e. The van der Waals surface area contributed by atoms with Crippen molar-refractivity contribution in [1.82, 2.24) is 0 Å². The summed E-state index contributed by atoms with van der Waals surface area (Å²) in [5, 5.41) is 0. The van der Waals surface area contributed by atoms with E-state index < -0.39 is 0 Å².